The van der Waals surface area contributed by atoms with Gasteiger partial charge in [-0.1, -0.05) is 19.8 Å². The zero-order chi connectivity index (χ0) is 14.0. The number of Topliss-reactive ketones (excluding diaryl/α,β-unsaturated/α-hetero) is 1. The fourth-order valence-electron chi connectivity index (χ4n) is 2.74. The Bertz CT molecular complexity index is 490. The van der Waals surface area contributed by atoms with Gasteiger partial charge in [-0.15, -0.1) is 0 Å². The molecule has 3 nitrogen and oxygen atoms in total. The lowest BCUT2D eigenvalue weighted by Crippen LogP contribution is -2.25. The normalized spacial score (nSPS) is 17.3. The highest BCUT2D eigenvalue weighted by atomic mass is 79.9. The van der Waals surface area contributed by atoms with Crippen LogP contribution >= 0.6 is 15.9 Å². The first-order chi connectivity index (χ1) is 9.01. The lowest BCUT2D eigenvalue weighted by Gasteiger charge is -2.24. The number of hydrogen-bond donors (Lipinski definition) is 0. The second kappa shape index (κ2) is 5.53. The predicted octanol–water partition coefficient (Wildman–Crippen LogP) is 4.23. The van der Waals surface area contributed by atoms with Crippen LogP contribution in [0.5, 0.6) is 11.5 Å². The van der Waals surface area contributed by atoms with Gasteiger partial charge in [-0.3, -0.25) is 4.79 Å². The first-order valence-electron chi connectivity index (χ1n) is 6.48. The molecule has 0 aliphatic heterocycles. The maximum absolute atomic E-state index is 12.8. The minimum Gasteiger partial charge on any atom is -0.497 e. The molecule has 0 N–H and O–H groups in total. The molecule has 19 heavy (non-hydrogen) atoms. The first kappa shape index (κ1) is 14.4. The smallest absolute Gasteiger partial charge is 0.173 e. The summed E-state index contributed by atoms with van der Waals surface area (Å²) < 4.78 is 11.3. The van der Waals surface area contributed by atoms with E-state index in [2.05, 4.69) is 22.9 Å². The van der Waals surface area contributed by atoms with Crippen LogP contribution in [0.1, 0.15) is 43.0 Å². The van der Waals surface area contributed by atoms with E-state index in [4.69, 9.17) is 9.47 Å². The SMILES string of the molecule is COc1cc(Br)c(C(=O)C2(C)CCCC2)c(OC)c1. The third kappa shape index (κ3) is 2.64. The Morgan fingerprint density at radius 1 is 1.21 bits per heavy atom. The Hall–Kier alpha value is -1.03. The van der Waals surface area contributed by atoms with Gasteiger partial charge in [-0.05, 0) is 34.8 Å². The molecule has 0 amide bonds. The molecule has 0 heterocycles. The minimum atomic E-state index is -0.260. The van der Waals surface area contributed by atoms with Crippen molar-refractivity contribution in [2.45, 2.75) is 32.6 Å². The summed E-state index contributed by atoms with van der Waals surface area (Å²) in [4.78, 5) is 12.8. The van der Waals surface area contributed by atoms with Crippen LogP contribution in [0.4, 0.5) is 0 Å². The van der Waals surface area contributed by atoms with E-state index in [9.17, 15) is 4.79 Å². The van der Waals surface area contributed by atoms with Crippen molar-refractivity contribution in [1.82, 2.24) is 0 Å². The average molecular weight is 327 g/mol. The van der Waals surface area contributed by atoms with Crippen LogP contribution in [0.25, 0.3) is 0 Å². The summed E-state index contributed by atoms with van der Waals surface area (Å²) in [7, 11) is 3.18. The fraction of sp³-hybridized carbons (Fsp3) is 0.533. The molecule has 0 aromatic heterocycles. The fourth-order valence-corrected chi connectivity index (χ4v) is 3.34. The maximum atomic E-state index is 12.8. The summed E-state index contributed by atoms with van der Waals surface area (Å²) in [5, 5.41) is 0. The number of carbonyl (C=O) groups is 1. The van der Waals surface area contributed by atoms with Crippen molar-refractivity contribution in [1.29, 1.82) is 0 Å². The maximum Gasteiger partial charge on any atom is 0.173 e. The van der Waals surface area contributed by atoms with Gasteiger partial charge in [0.25, 0.3) is 0 Å². The monoisotopic (exact) mass is 326 g/mol. The van der Waals surface area contributed by atoms with Crippen molar-refractivity contribution in [2.75, 3.05) is 14.2 Å². The van der Waals surface area contributed by atoms with Gasteiger partial charge in [0.2, 0.25) is 0 Å². The number of halogens is 1. The molecule has 1 aliphatic carbocycles. The molecular weight excluding hydrogens is 308 g/mol. The number of carbonyl (C=O) groups excluding carboxylic acids is 1. The number of ether oxygens (including phenoxy) is 2. The van der Waals surface area contributed by atoms with E-state index in [0.717, 1.165) is 30.2 Å². The Balaban J connectivity index is 2.46. The van der Waals surface area contributed by atoms with Gasteiger partial charge in [0, 0.05) is 16.0 Å². The van der Waals surface area contributed by atoms with Gasteiger partial charge >= 0.3 is 0 Å². The number of hydrogen-bond acceptors (Lipinski definition) is 3. The highest BCUT2D eigenvalue weighted by molar-refractivity contribution is 9.10. The lowest BCUT2D eigenvalue weighted by molar-refractivity contribution is 0.0819. The van der Waals surface area contributed by atoms with Crippen LogP contribution in [-0.2, 0) is 0 Å². The van der Waals surface area contributed by atoms with E-state index in [-0.39, 0.29) is 11.2 Å². The second-order valence-electron chi connectivity index (χ2n) is 5.28. The summed E-state index contributed by atoms with van der Waals surface area (Å²) >= 11 is 3.47. The van der Waals surface area contributed by atoms with Crippen molar-refractivity contribution in [3.05, 3.63) is 22.2 Å². The van der Waals surface area contributed by atoms with Crippen LogP contribution in [0.2, 0.25) is 0 Å². The van der Waals surface area contributed by atoms with E-state index in [1.807, 2.05) is 6.07 Å². The Morgan fingerprint density at radius 2 is 1.84 bits per heavy atom. The molecule has 104 valence electrons. The molecule has 0 radical (unpaired) electrons. The van der Waals surface area contributed by atoms with Crippen LogP contribution in [0, 0.1) is 5.41 Å². The Labute approximate surface area is 122 Å². The number of benzene rings is 1. The van der Waals surface area contributed by atoms with E-state index in [1.165, 1.54) is 0 Å². The largest absolute Gasteiger partial charge is 0.497 e. The quantitative estimate of drug-likeness (QED) is 0.777. The van der Waals surface area contributed by atoms with Gasteiger partial charge in [0.05, 0.1) is 19.8 Å². The number of rotatable bonds is 4. The number of ketones is 1. The van der Waals surface area contributed by atoms with Crippen molar-refractivity contribution < 1.29 is 14.3 Å². The summed E-state index contributed by atoms with van der Waals surface area (Å²) in [6, 6.07) is 3.57. The summed E-state index contributed by atoms with van der Waals surface area (Å²) in [6.45, 7) is 2.05. The highest BCUT2D eigenvalue weighted by Crippen LogP contribution is 2.44. The van der Waals surface area contributed by atoms with E-state index >= 15 is 0 Å². The summed E-state index contributed by atoms with van der Waals surface area (Å²) in [5.41, 5.74) is 0.373. The van der Waals surface area contributed by atoms with Gasteiger partial charge in [-0.25, -0.2) is 0 Å². The zero-order valence-electron chi connectivity index (χ0n) is 11.6. The van der Waals surface area contributed by atoms with Crippen LogP contribution in [-0.4, -0.2) is 20.0 Å². The molecule has 0 atom stereocenters. The number of methoxy groups -OCH3 is 2. The molecular formula is C15H19BrO3. The van der Waals surface area contributed by atoms with Crippen LogP contribution in [0.3, 0.4) is 0 Å². The standard InChI is InChI=1S/C15H19BrO3/c1-15(6-4-5-7-15)14(17)13-11(16)8-10(18-2)9-12(13)19-3/h8-9H,4-7H2,1-3H3. The van der Waals surface area contributed by atoms with Gasteiger partial charge in [0.15, 0.2) is 5.78 Å². The summed E-state index contributed by atoms with van der Waals surface area (Å²) in [5.74, 6) is 1.41. The minimum absolute atomic E-state index is 0.163. The molecule has 1 aromatic rings. The second-order valence-corrected chi connectivity index (χ2v) is 6.14. The molecule has 0 spiro atoms. The third-order valence-corrected chi connectivity index (χ3v) is 4.59. The van der Waals surface area contributed by atoms with E-state index in [1.54, 1.807) is 20.3 Å². The molecule has 0 unspecified atom stereocenters. The van der Waals surface area contributed by atoms with Gasteiger partial charge in [-0.2, -0.15) is 0 Å². The topological polar surface area (TPSA) is 35.5 Å². The molecule has 1 aromatic carbocycles. The highest BCUT2D eigenvalue weighted by Gasteiger charge is 2.39. The Morgan fingerprint density at radius 3 is 2.37 bits per heavy atom. The first-order valence-corrected chi connectivity index (χ1v) is 7.27. The van der Waals surface area contributed by atoms with E-state index in [0.29, 0.717) is 17.1 Å². The molecule has 0 saturated heterocycles. The molecule has 1 fully saturated rings. The molecule has 4 heteroatoms. The van der Waals surface area contributed by atoms with E-state index < -0.39 is 0 Å². The molecule has 0 bridgehead atoms. The Kier molecular flexibility index (Phi) is 4.19. The van der Waals surface area contributed by atoms with Crippen LogP contribution in [0.15, 0.2) is 16.6 Å². The summed E-state index contributed by atoms with van der Waals surface area (Å²) in [6.07, 6.45) is 4.15. The predicted molar refractivity (Wildman–Crippen MR) is 78.2 cm³/mol. The lowest BCUT2D eigenvalue weighted by atomic mass is 9.80. The van der Waals surface area contributed by atoms with Crippen LogP contribution < -0.4 is 9.47 Å². The molecule has 1 saturated carbocycles. The van der Waals surface area contributed by atoms with Crippen molar-refractivity contribution in [3.63, 3.8) is 0 Å². The zero-order valence-corrected chi connectivity index (χ0v) is 13.2. The van der Waals surface area contributed by atoms with Crippen molar-refractivity contribution >= 4 is 21.7 Å². The third-order valence-electron chi connectivity index (χ3n) is 3.97. The van der Waals surface area contributed by atoms with Crippen molar-refractivity contribution in [2.24, 2.45) is 5.41 Å². The van der Waals surface area contributed by atoms with Gasteiger partial charge < -0.3 is 9.47 Å². The van der Waals surface area contributed by atoms with Crippen molar-refractivity contribution in [3.8, 4) is 11.5 Å². The van der Waals surface area contributed by atoms with Gasteiger partial charge in [0.1, 0.15) is 11.5 Å². The molecule has 2 rings (SSSR count). The molecule has 1 aliphatic rings. The average Bonchev–Trinajstić information content (AvgIpc) is 2.85.